The fourth-order valence-electron chi connectivity index (χ4n) is 4.91. The molecule has 3 aliphatic heterocycles. The number of hydrogen-bond donors (Lipinski definition) is 2. The van der Waals surface area contributed by atoms with Crippen LogP contribution in [0.25, 0.3) is 0 Å². The zero-order chi connectivity index (χ0) is 20.2. The van der Waals surface area contributed by atoms with E-state index in [1.54, 1.807) is 11.8 Å². The van der Waals surface area contributed by atoms with Crippen LogP contribution in [0.1, 0.15) is 32.3 Å². The van der Waals surface area contributed by atoms with Crippen molar-refractivity contribution in [3.05, 3.63) is 28.2 Å². The largest absolute Gasteiger partial charge is 0.324 e. The van der Waals surface area contributed by atoms with Gasteiger partial charge in [0.05, 0.1) is 11.8 Å². The third kappa shape index (κ3) is 2.60. The number of amides is 3. The van der Waals surface area contributed by atoms with E-state index in [9.17, 15) is 14.4 Å². The Morgan fingerprint density at radius 3 is 2.71 bits per heavy atom. The van der Waals surface area contributed by atoms with E-state index in [2.05, 4.69) is 26.6 Å². The Morgan fingerprint density at radius 2 is 2.04 bits per heavy atom. The quantitative estimate of drug-likeness (QED) is 0.653. The number of likely N-dealkylation sites (tertiary alicyclic amines) is 1. The van der Waals surface area contributed by atoms with Crippen LogP contribution in [0.2, 0.25) is 0 Å². The number of carbonyl (C=O) groups is 3. The second-order valence-corrected chi connectivity index (χ2v) is 9.69. The summed E-state index contributed by atoms with van der Waals surface area (Å²) in [4.78, 5) is 41.5. The molecule has 0 radical (unpaired) electrons. The lowest BCUT2D eigenvalue weighted by Gasteiger charge is -2.31. The van der Waals surface area contributed by atoms with E-state index < -0.39 is 17.4 Å². The normalized spacial score (nSPS) is 32.1. The number of nitrogens with one attached hydrogen (secondary N) is 2. The van der Waals surface area contributed by atoms with E-state index in [-0.39, 0.29) is 29.8 Å². The van der Waals surface area contributed by atoms with Gasteiger partial charge in [0.1, 0.15) is 5.54 Å². The van der Waals surface area contributed by atoms with Gasteiger partial charge in [0.25, 0.3) is 0 Å². The molecule has 1 aromatic rings. The molecule has 1 aromatic carbocycles. The minimum absolute atomic E-state index is 0.143. The summed E-state index contributed by atoms with van der Waals surface area (Å²) >= 11 is 5.18. The van der Waals surface area contributed by atoms with Gasteiger partial charge in [-0.1, -0.05) is 22.9 Å². The number of rotatable bonds is 5. The van der Waals surface area contributed by atoms with Gasteiger partial charge in [-0.15, -0.1) is 0 Å². The summed E-state index contributed by atoms with van der Waals surface area (Å²) in [6.07, 6.45) is 3.44. The molecule has 0 aromatic heterocycles. The standard InChI is InChI=1S/C20H24BrN3O3S/c1-4-10(2)24-17(25)15-14(7-8-28-3)23-20(16(15)18(24)26)12-9-11(21)5-6-13(12)22-19(20)27/h5-6,9-10,14-16,23H,4,7-8H2,1-3H3,(H,22,27)/t10-,14+,15+,16-,20-/m0/s1. The molecule has 2 fully saturated rings. The smallest absolute Gasteiger partial charge is 0.250 e. The molecule has 3 amide bonds. The Labute approximate surface area is 177 Å². The molecule has 3 heterocycles. The van der Waals surface area contributed by atoms with Gasteiger partial charge in [0, 0.05) is 27.8 Å². The summed E-state index contributed by atoms with van der Waals surface area (Å²) in [5.74, 6) is -0.980. The molecule has 28 heavy (non-hydrogen) atoms. The molecule has 5 atom stereocenters. The van der Waals surface area contributed by atoms with E-state index in [0.717, 1.165) is 22.2 Å². The Kier molecular flexibility index (Phi) is 5.08. The molecule has 150 valence electrons. The average molecular weight is 466 g/mol. The van der Waals surface area contributed by atoms with Gasteiger partial charge in [0.15, 0.2) is 0 Å². The van der Waals surface area contributed by atoms with Crippen LogP contribution in [0.3, 0.4) is 0 Å². The van der Waals surface area contributed by atoms with E-state index in [1.807, 2.05) is 38.3 Å². The summed E-state index contributed by atoms with van der Waals surface area (Å²) in [6, 6.07) is 5.21. The topological polar surface area (TPSA) is 78.5 Å². The minimum Gasteiger partial charge on any atom is -0.324 e. The first-order valence-corrected chi connectivity index (χ1v) is 11.8. The van der Waals surface area contributed by atoms with Gasteiger partial charge in [-0.3, -0.25) is 24.6 Å². The first-order chi connectivity index (χ1) is 13.4. The first-order valence-electron chi connectivity index (χ1n) is 9.61. The molecule has 2 N–H and O–H groups in total. The van der Waals surface area contributed by atoms with E-state index >= 15 is 0 Å². The fraction of sp³-hybridized carbons (Fsp3) is 0.550. The number of fused-ring (bicyclic) bond motifs is 4. The van der Waals surface area contributed by atoms with Crippen molar-refractivity contribution in [2.45, 2.75) is 44.3 Å². The molecule has 8 heteroatoms. The zero-order valence-electron chi connectivity index (χ0n) is 16.1. The number of hydrogen-bond acceptors (Lipinski definition) is 5. The predicted octanol–water partition coefficient (Wildman–Crippen LogP) is 2.72. The highest BCUT2D eigenvalue weighted by atomic mass is 79.9. The highest BCUT2D eigenvalue weighted by Crippen LogP contribution is 2.54. The molecule has 6 nitrogen and oxygen atoms in total. The number of nitrogens with zero attached hydrogens (tertiary/aromatic N) is 1. The van der Waals surface area contributed by atoms with Gasteiger partial charge in [-0.2, -0.15) is 11.8 Å². The van der Waals surface area contributed by atoms with Gasteiger partial charge in [-0.05, 0) is 50.0 Å². The number of carbonyl (C=O) groups excluding carboxylic acids is 3. The van der Waals surface area contributed by atoms with E-state index in [1.165, 1.54) is 4.90 Å². The van der Waals surface area contributed by atoms with Crippen molar-refractivity contribution in [3.8, 4) is 0 Å². The Bertz CT molecular complexity index is 863. The molecule has 4 rings (SSSR count). The Balaban J connectivity index is 1.86. The molecular weight excluding hydrogens is 442 g/mol. The molecular formula is C20H24BrN3O3S. The molecule has 3 aliphatic rings. The number of benzene rings is 1. The van der Waals surface area contributed by atoms with Crippen molar-refractivity contribution in [1.82, 2.24) is 10.2 Å². The van der Waals surface area contributed by atoms with E-state index in [0.29, 0.717) is 12.1 Å². The fourth-order valence-corrected chi connectivity index (χ4v) is 5.76. The summed E-state index contributed by atoms with van der Waals surface area (Å²) in [5.41, 5.74) is 0.259. The maximum atomic E-state index is 13.5. The summed E-state index contributed by atoms with van der Waals surface area (Å²) in [6.45, 7) is 3.86. The maximum absolute atomic E-state index is 13.5. The summed E-state index contributed by atoms with van der Waals surface area (Å²) in [5, 5.41) is 6.39. The molecule has 0 bridgehead atoms. The second kappa shape index (κ2) is 7.15. The number of anilines is 1. The van der Waals surface area contributed by atoms with Gasteiger partial charge in [-0.25, -0.2) is 0 Å². The van der Waals surface area contributed by atoms with Crippen LogP contribution in [0.4, 0.5) is 5.69 Å². The van der Waals surface area contributed by atoms with Gasteiger partial charge < -0.3 is 5.32 Å². The predicted molar refractivity (Wildman–Crippen MR) is 113 cm³/mol. The average Bonchev–Trinajstić information content (AvgIpc) is 3.25. The summed E-state index contributed by atoms with van der Waals surface area (Å²) < 4.78 is 0.837. The second-order valence-electron chi connectivity index (χ2n) is 7.79. The highest BCUT2D eigenvalue weighted by molar-refractivity contribution is 9.10. The lowest BCUT2D eigenvalue weighted by Crippen LogP contribution is -2.54. The van der Waals surface area contributed by atoms with Crippen LogP contribution >= 0.6 is 27.7 Å². The monoisotopic (exact) mass is 465 g/mol. The van der Waals surface area contributed by atoms with Crippen molar-refractivity contribution in [2.75, 3.05) is 17.3 Å². The number of halogens is 1. The third-order valence-corrected chi connectivity index (χ3v) is 7.51. The van der Waals surface area contributed by atoms with Crippen LogP contribution in [-0.4, -0.2) is 46.7 Å². The zero-order valence-corrected chi connectivity index (χ0v) is 18.5. The first kappa shape index (κ1) is 19.9. The van der Waals surface area contributed by atoms with Crippen molar-refractivity contribution in [1.29, 1.82) is 0 Å². The SMILES string of the molecule is CC[C@H](C)N1C(=O)[C@H]2[C@@H](C1=O)[C@]1(N[C@@H]2CCSC)C(=O)Nc2ccc(Br)cc21. The van der Waals surface area contributed by atoms with Gasteiger partial charge >= 0.3 is 0 Å². The lowest BCUT2D eigenvalue weighted by atomic mass is 9.76. The number of thioether (sulfide) groups is 1. The van der Waals surface area contributed by atoms with Crippen LogP contribution in [0, 0.1) is 11.8 Å². The molecule has 0 saturated carbocycles. The minimum atomic E-state index is -1.19. The molecule has 0 unspecified atom stereocenters. The van der Waals surface area contributed by atoms with Crippen molar-refractivity contribution < 1.29 is 14.4 Å². The van der Waals surface area contributed by atoms with Crippen molar-refractivity contribution in [2.24, 2.45) is 11.8 Å². The van der Waals surface area contributed by atoms with Crippen molar-refractivity contribution >= 4 is 51.1 Å². The van der Waals surface area contributed by atoms with Crippen molar-refractivity contribution in [3.63, 3.8) is 0 Å². The van der Waals surface area contributed by atoms with Crippen LogP contribution < -0.4 is 10.6 Å². The molecule has 2 saturated heterocycles. The molecule has 0 aliphatic carbocycles. The maximum Gasteiger partial charge on any atom is 0.250 e. The highest BCUT2D eigenvalue weighted by Gasteiger charge is 2.70. The number of imide groups is 1. The van der Waals surface area contributed by atoms with Crippen LogP contribution in [0.15, 0.2) is 22.7 Å². The Morgan fingerprint density at radius 1 is 1.29 bits per heavy atom. The lowest BCUT2D eigenvalue weighted by molar-refractivity contribution is -0.145. The third-order valence-electron chi connectivity index (χ3n) is 6.38. The summed E-state index contributed by atoms with van der Waals surface area (Å²) in [7, 11) is 0. The van der Waals surface area contributed by atoms with E-state index in [4.69, 9.17) is 0 Å². The van der Waals surface area contributed by atoms with Gasteiger partial charge in [0.2, 0.25) is 17.7 Å². The Hall–Kier alpha value is -1.38. The van der Waals surface area contributed by atoms with Crippen LogP contribution in [0.5, 0.6) is 0 Å². The van der Waals surface area contributed by atoms with Crippen LogP contribution in [-0.2, 0) is 19.9 Å². The molecule has 1 spiro atoms.